The Morgan fingerprint density at radius 3 is 2.00 bits per heavy atom. The summed E-state index contributed by atoms with van der Waals surface area (Å²) in [7, 11) is 0. The number of para-hydroxylation sites is 2. The number of alkyl halides is 3. The lowest BCUT2D eigenvalue weighted by atomic mass is 10.1. The lowest BCUT2D eigenvalue weighted by Crippen LogP contribution is -2.49. The zero-order chi connectivity index (χ0) is 23.7. The molecule has 0 bridgehead atoms. The Labute approximate surface area is 194 Å². The van der Waals surface area contributed by atoms with Gasteiger partial charge in [0.1, 0.15) is 5.69 Å². The molecule has 34 heavy (non-hydrogen) atoms. The molecule has 5 nitrogen and oxygen atoms in total. The van der Waals surface area contributed by atoms with E-state index in [4.69, 9.17) is 9.97 Å². The van der Waals surface area contributed by atoms with Crippen LogP contribution in [0.3, 0.4) is 0 Å². The molecule has 2 heterocycles. The maximum atomic E-state index is 13.4. The maximum Gasteiger partial charge on any atom is 0.417 e. The predicted octanol–water partition coefficient (Wildman–Crippen LogP) is 5.28. The number of hydrogen-bond acceptors (Lipinski definition) is 4. The second-order valence-corrected chi connectivity index (χ2v) is 8.07. The molecule has 1 amide bonds. The van der Waals surface area contributed by atoms with Gasteiger partial charge < -0.3 is 9.80 Å². The number of halogens is 3. The van der Waals surface area contributed by atoms with Crippen molar-refractivity contribution in [3.8, 4) is 11.3 Å². The Balaban J connectivity index is 1.42. The van der Waals surface area contributed by atoms with E-state index in [0.717, 1.165) is 28.4 Å². The Morgan fingerprint density at radius 1 is 0.735 bits per heavy atom. The zero-order valence-corrected chi connectivity index (χ0v) is 18.2. The molecule has 4 aromatic rings. The van der Waals surface area contributed by atoms with Crippen LogP contribution in [0.2, 0.25) is 0 Å². The van der Waals surface area contributed by atoms with Crippen molar-refractivity contribution in [2.24, 2.45) is 0 Å². The van der Waals surface area contributed by atoms with E-state index in [-0.39, 0.29) is 18.7 Å². The summed E-state index contributed by atoms with van der Waals surface area (Å²) < 4.78 is 40.2. The van der Waals surface area contributed by atoms with Crippen LogP contribution in [0.1, 0.15) is 15.9 Å². The van der Waals surface area contributed by atoms with Gasteiger partial charge in [-0.3, -0.25) is 4.79 Å². The van der Waals surface area contributed by atoms with E-state index in [9.17, 15) is 18.0 Å². The van der Waals surface area contributed by atoms with Crippen LogP contribution in [0.5, 0.6) is 0 Å². The molecule has 1 fully saturated rings. The SMILES string of the molecule is O=C(c1ccccc1C(F)(F)F)N1CCN(c2nc3ccccc3nc2-c2ccccc2)CC1. The summed E-state index contributed by atoms with van der Waals surface area (Å²) in [6.07, 6.45) is -4.58. The number of carbonyl (C=O) groups is 1. The molecule has 0 N–H and O–H groups in total. The molecule has 0 aliphatic carbocycles. The molecule has 1 saturated heterocycles. The Kier molecular flexibility index (Phi) is 5.65. The fourth-order valence-electron chi connectivity index (χ4n) is 4.21. The summed E-state index contributed by atoms with van der Waals surface area (Å²) in [6.45, 7) is 1.45. The highest BCUT2D eigenvalue weighted by Crippen LogP contribution is 2.33. The number of fused-ring (bicyclic) bond motifs is 1. The molecule has 0 atom stereocenters. The molecule has 0 unspecified atom stereocenters. The number of aromatic nitrogens is 2. The van der Waals surface area contributed by atoms with Gasteiger partial charge in [0, 0.05) is 31.7 Å². The van der Waals surface area contributed by atoms with Gasteiger partial charge in [-0.05, 0) is 24.3 Å². The van der Waals surface area contributed by atoms with Crippen molar-refractivity contribution < 1.29 is 18.0 Å². The molecule has 1 aromatic heterocycles. The summed E-state index contributed by atoms with van der Waals surface area (Å²) >= 11 is 0. The van der Waals surface area contributed by atoms with Crippen LogP contribution in [0.4, 0.5) is 19.0 Å². The number of carbonyl (C=O) groups excluding carboxylic acids is 1. The normalized spacial score (nSPS) is 14.4. The second kappa shape index (κ2) is 8.78. The van der Waals surface area contributed by atoms with Crippen molar-refractivity contribution in [1.29, 1.82) is 0 Å². The quantitative estimate of drug-likeness (QED) is 0.416. The first kappa shape index (κ1) is 21.9. The molecule has 0 saturated carbocycles. The lowest BCUT2D eigenvalue weighted by molar-refractivity contribution is -0.138. The number of benzene rings is 3. The van der Waals surface area contributed by atoms with Gasteiger partial charge in [-0.15, -0.1) is 0 Å². The fourth-order valence-corrected chi connectivity index (χ4v) is 4.21. The van der Waals surface area contributed by atoms with E-state index in [1.807, 2.05) is 59.5 Å². The minimum atomic E-state index is -4.58. The van der Waals surface area contributed by atoms with Crippen molar-refractivity contribution in [2.75, 3.05) is 31.1 Å². The molecule has 1 aliphatic rings. The smallest absolute Gasteiger partial charge is 0.351 e. The number of rotatable bonds is 3. The van der Waals surface area contributed by atoms with Gasteiger partial charge >= 0.3 is 6.18 Å². The van der Waals surface area contributed by atoms with Crippen LogP contribution in [0, 0.1) is 0 Å². The topological polar surface area (TPSA) is 49.3 Å². The first-order valence-electron chi connectivity index (χ1n) is 10.9. The van der Waals surface area contributed by atoms with Gasteiger partial charge in [0.05, 0.1) is 22.2 Å². The van der Waals surface area contributed by atoms with E-state index in [0.29, 0.717) is 18.9 Å². The molecule has 172 valence electrons. The number of piperazine rings is 1. The number of nitrogens with zero attached hydrogens (tertiary/aromatic N) is 4. The van der Waals surface area contributed by atoms with Crippen LogP contribution < -0.4 is 4.90 Å². The summed E-state index contributed by atoms with van der Waals surface area (Å²) in [6, 6.07) is 22.3. The molecule has 1 aliphatic heterocycles. The third kappa shape index (κ3) is 4.19. The lowest BCUT2D eigenvalue weighted by Gasteiger charge is -2.36. The Hall–Kier alpha value is -3.94. The van der Waals surface area contributed by atoms with Gasteiger partial charge in [-0.25, -0.2) is 9.97 Å². The molecular formula is C26H21F3N4O. The molecule has 0 spiro atoms. The highest BCUT2D eigenvalue weighted by atomic mass is 19.4. The van der Waals surface area contributed by atoms with Crippen LogP contribution in [0.25, 0.3) is 22.3 Å². The number of anilines is 1. The molecule has 5 rings (SSSR count). The van der Waals surface area contributed by atoms with Gasteiger partial charge in [-0.1, -0.05) is 54.6 Å². The summed E-state index contributed by atoms with van der Waals surface area (Å²) in [5.41, 5.74) is 1.97. The molecular weight excluding hydrogens is 441 g/mol. The maximum absolute atomic E-state index is 13.4. The average Bonchev–Trinajstić information content (AvgIpc) is 2.87. The first-order chi connectivity index (χ1) is 16.4. The third-order valence-corrected chi connectivity index (χ3v) is 5.93. The highest BCUT2D eigenvalue weighted by molar-refractivity contribution is 5.96. The van der Waals surface area contributed by atoms with E-state index in [1.165, 1.54) is 23.1 Å². The molecule has 3 aromatic carbocycles. The van der Waals surface area contributed by atoms with Gasteiger partial charge in [0.2, 0.25) is 0 Å². The van der Waals surface area contributed by atoms with Crippen LogP contribution in [0.15, 0.2) is 78.9 Å². The third-order valence-electron chi connectivity index (χ3n) is 5.93. The van der Waals surface area contributed by atoms with Crippen LogP contribution >= 0.6 is 0 Å². The summed E-state index contributed by atoms with van der Waals surface area (Å²) in [5.74, 6) is 0.0909. The summed E-state index contributed by atoms with van der Waals surface area (Å²) in [4.78, 5) is 26.2. The van der Waals surface area contributed by atoms with E-state index >= 15 is 0 Å². The monoisotopic (exact) mass is 462 g/mol. The zero-order valence-electron chi connectivity index (χ0n) is 18.2. The standard InChI is InChI=1S/C26H21F3N4O/c27-26(28,29)20-11-5-4-10-19(20)25(34)33-16-14-32(15-17-33)24-23(18-8-2-1-3-9-18)30-21-12-6-7-13-22(21)31-24/h1-13H,14-17H2. The minimum absolute atomic E-state index is 0.285. The fraction of sp³-hybridized carbons (Fsp3) is 0.192. The van der Waals surface area contributed by atoms with Crippen LogP contribution in [-0.4, -0.2) is 47.0 Å². The predicted molar refractivity (Wildman–Crippen MR) is 125 cm³/mol. The van der Waals surface area contributed by atoms with Crippen molar-refractivity contribution >= 4 is 22.8 Å². The average molecular weight is 462 g/mol. The second-order valence-electron chi connectivity index (χ2n) is 8.07. The highest BCUT2D eigenvalue weighted by Gasteiger charge is 2.36. The van der Waals surface area contributed by atoms with Crippen molar-refractivity contribution in [2.45, 2.75) is 6.18 Å². The largest absolute Gasteiger partial charge is 0.417 e. The Bertz CT molecular complexity index is 1330. The van der Waals surface area contributed by atoms with Crippen molar-refractivity contribution in [1.82, 2.24) is 14.9 Å². The van der Waals surface area contributed by atoms with Gasteiger partial charge in [-0.2, -0.15) is 13.2 Å². The van der Waals surface area contributed by atoms with Gasteiger partial charge in [0.25, 0.3) is 5.91 Å². The molecule has 0 radical (unpaired) electrons. The molecule has 8 heteroatoms. The summed E-state index contributed by atoms with van der Waals surface area (Å²) in [5, 5.41) is 0. The van der Waals surface area contributed by atoms with E-state index in [1.54, 1.807) is 0 Å². The minimum Gasteiger partial charge on any atom is -0.351 e. The van der Waals surface area contributed by atoms with E-state index in [2.05, 4.69) is 0 Å². The van der Waals surface area contributed by atoms with Gasteiger partial charge in [0.15, 0.2) is 5.82 Å². The Morgan fingerprint density at radius 2 is 1.32 bits per heavy atom. The van der Waals surface area contributed by atoms with Crippen LogP contribution in [-0.2, 0) is 6.18 Å². The first-order valence-corrected chi connectivity index (χ1v) is 10.9. The number of hydrogen-bond donors (Lipinski definition) is 0. The van der Waals surface area contributed by atoms with E-state index < -0.39 is 17.6 Å². The number of amides is 1. The van der Waals surface area contributed by atoms with Crippen molar-refractivity contribution in [3.63, 3.8) is 0 Å². The van der Waals surface area contributed by atoms with Crippen molar-refractivity contribution in [3.05, 3.63) is 90.0 Å².